The Hall–Kier alpha value is -6.44. The molecular formula is C48H33N. The van der Waals surface area contributed by atoms with Crippen LogP contribution in [0.15, 0.2) is 200 Å². The van der Waals surface area contributed by atoms with Gasteiger partial charge in [0.25, 0.3) is 0 Å². The van der Waals surface area contributed by atoms with Gasteiger partial charge in [-0.05, 0) is 120 Å². The second-order valence-electron chi connectivity index (χ2n) is 12.6. The summed E-state index contributed by atoms with van der Waals surface area (Å²) in [5, 5.41) is 7.39. The van der Waals surface area contributed by atoms with Gasteiger partial charge in [0, 0.05) is 17.1 Å². The molecule has 0 atom stereocenters. The van der Waals surface area contributed by atoms with Gasteiger partial charge < -0.3 is 4.90 Å². The minimum atomic E-state index is 1.11. The van der Waals surface area contributed by atoms with Crippen LogP contribution in [-0.4, -0.2) is 0 Å². The van der Waals surface area contributed by atoms with Crippen LogP contribution >= 0.6 is 0 Å². The Morgan fingerprint density at radius 3 is 1.43 bits per heavy atom. The zero-order chi connectivity index (χ0) is 32.6. The molecule has 9 aromatic carbocycles. The van der Waals surface area contributed by atoms with Crippen molar-refractivity contribution in [3.05, 3.63) is 200 Å². The first kappa shape index (κ1) is 28.8. The molecule has 9 rings (SSSR count). The summed E-state index contributed by atoms with van der Waals surface area (Å²) in [6.07, 6.45) is 0. The molecular weight excluding hydrogens is 591 g/mol. The van der Waals surface area contributed by atoms with Gasteiger partial charge in [-0.2, -0.15) is 0 Å². The monoisotopic (exact) mass is 623 g/mol. The quantitative estimate of drug-likeness (QED) is 0.178. The Morgan fingerprint density at radius 2 is 0.714 bits per heavy atom. The molecule has 0 radical (unpaired) electrons. The molecule has 0 fully saturated rings. The summed E-state index contributed by atoms with van der Waals surface area (Å²) in [7, 11) is 0. The number of nitrogens with zero attached hydrogens (tertiary/aromatic N) is 1. The summed E-state index contributed by atoms with van der Waals surface area (Å²) in [5.74, 6) is 0. The Balaban J connectivity index is 1.16. The standard InChI is InChI=1S/C48H33N/c1-3-11-34(12-4-1)39-19-20-41-32-46(28-24-40(41)29-39)49(45-27-21-36-15-7-8-16-38(36)31-45)44-25-22-37(23-26-44)48-33-43(35-13-5-2-6-14-35)30-42-17-9-10-18-47(42)48/h1-33H. The van der Waals surface area contributed by atoms with Crippen LogP contribution in [0.3, 0.4) is 0 Å². The van der Waals surface area contributed by atoms with E-state index in [1.807, 2.05) is 0 Å². The first-order valence-electron chi connectivity index (χ1n) is 16.8. The summed E-state index contributed by atoms with van der Waals surface area (Å²) >= 11 is 0. The summed E-state index contributed by atoms with van der Waals surface area (Å²) in [6, 6.07) is 72.5. The van der Waals surface area contributed by atoms with Crippen molar-refractivity contribution in [2.45, 2.75) is 0 Å². The highest BCUT2D eigenvalue weighted by molar-refractivity contribution is 6.01. The largest absolute Gasteiger partial charge is 0.310 e. The SMILES string of the molecule is c1ccc(-c2ccc3cc(N(c4ccc(-c5cc(-c6ccccc6)cc6ccccc56)cc4)c4ccc5ccccc5c4)ccc3c2)cc1. The molecule has 0 heterocycles. The minimum absolute atomic E-state index is 1.11. The first-order valence-corrected chi connectivity index (χ1v) is 16.8. The Morgan fingerprint density at radius 1 is 0.245 bits per heavy atom. The minimum Gasteiger partial charge on any atom is -0.310 e. The Bertz CT molecular complexity index is 2590. The van der Waals surface area contributed by atoms with Crippen LogP contribution in [0.5, 0.6) is 0 Å². The van der Waals surface area contributed by atoms with Gasteiger partial charge in [-0.15, -0.1) is 0 Å². The molecule has 0 saturated carbocycles. The third-order valence-corrected chi connectivity index (χ3v) is 9.59. The summed E-state index contributed by atoms with van der Waals surface area (Å²) < 4.78 is 0. The molecule has 49 heavy (non-hydrogen) atoms. The molecule has 0 aliphatic rings. The van der Waals surface area contributed by atoms with Gasteiger partial charge >= 0.3 is 0 Å². The first-order chi connectivity index (χ1) is 24.3. The smallest absolute Gasteiger partial charge is 0.0468 e. The number of fused-ring (bicyclic) bond motifs is 3. The summed E-state index contributed by atoms with van der Waals surface area (Å²) in [6.45, 7) is 0. The van der Waals surface area contributed by atoms with E-state index in [1.165, 1.54) is 65.7 Å². The second-order valence-corrected chi connectivity index (χ2v) is 12.6. The number of rotatable bonds is 6. The lowest BCUT2D eigenvalue weighted by Gasteiger charge is -2.26. The molecule has 0 aromatic heterocycles. The fraction of sp³-hybridized carbons (Fsp3) is 0. The van der Waals surface area contributed by atoms with E-state index in [-0.39, 0.29) is 0 Å². The van der Waals surface area contributed by atoms with Crippen molar-refractivity contribution in [3.8, 4) is 33.4 Å². The number of anilines is 3. The third-order valence-electron chi connectivity index (χ3n) is 9.59. The molecule has 0 bridgehead atoms. The van der Waals surface area contributed by atoms with E-state index < -0.39 is 0 Å². The molecule has 0 saturated heterocycles. The fourth-order valence-electron chi connectivity index (χ4n) is 7.08. The molecule has 9 aromatic rings. The molecule has 0 aliphatic heterocycles. The van der Waals surface area contributed by atoms with Gasteiger partial charge in [-0.1, -0.05) is 146 Å². The van der Waals surface area contributed by atoms with Gasteiger partial charge in [-0.25, -0.2) is 0 Å². The zero-order valence-electron chi connectivity index (χ0n) is 27.0. The summed E-state index contributed by atoms with van der Waals surface area (Å²) in [4.78, 5) is 2.37. The molecule has 0 unspecified atom stereocenters. The van der Waals surface area contributed by atoms with E-state index >= 15 is 0 Å². The fourth-order valence-corrected chi connectivity index (χ4v) is 7.08. The van der Waals surface area contributed by atoms with Crippen molar-refractivity contribution >= 4 is 49.4 Å². The average molecular weight is 624 g/mol. The molecule has 0 aliphatic carbocycles. The maximum absolute atomic E-state index is 2.37. The van der Waals surface area contributed by atoms with Crippen LogP contribution in [0, 0.1) is 0 Å². The topological polar surface area (TPSA) is 3.24 Å². The molecule has 230 valence electrons. The van der Waals surface area contributed by atoms with Crippen molar-refractivity contribution in [1.29, 1.82) is 0 Å². The van der Waals surface area contributed by atoms with Crippen LogP contribution in [-0.2, 0) is 0 Å². The molecule has 0 amide bonds. The van der Waals surface area contributed by atoms with E-state index in [0.717, 1.165) is 17.1 Å². The molecule has 0 N–H and O–H groups in total. The third kappa shape index (κ3) is 5.52. The van der Waals surface area contributed by atoms with Crippen LogP contribution < -0.4 is 4.90 Å². The Labute approximate surface area is 287 Å². The number of hydrogen-bond donors (Lipinski definition) is 0. The van der Waals surface area contributed by atoms with Gasteiger partial charge in [0.05, 0.1) is 0 Å². The van der Waals surface area contributed by atoms with E-state index in [9.17, 15) is 0 Å². The van der Waals surface area contributed by atoms with Crippen molar-refractivity contribution in [2.75, 3.05) is 4.90 Å². The lowest BCUT2D eigenvalue weighted by molar-refractivity contribution is 1.29. The highest BCUT2D eigenvalue weighted by atomic mass is 15.1. The lowest BCUT2D eigenvalue weighted by Crippen LogP contribution is -2.10. The lowest BCUT2D eigenvalue weighted by atomic mass is 9.93. The molecule has 1 nitrogen and oxygen atoms in total. The second kappa shape index (κ2) is 12.3. The van der Waals surface area contributed by atoms with E-state index in [2.05, 4.69) is 205 Å². The average Bonchev–Trinajstić information content (AvgIpc) is 3.18. The van der Waals surface area contributed by atoms with Crippen molar-refractivity contribution < 1.29 is 0 Å². The van der Waals surface area contributed by atoms with Crippen molar-refractivity contribution in [2.24, 2.45) is 0 Å². The molecule has 0 spiro atoms. The Kier molecular flexibility index (Phi) is 7.22. The summed E-state index contributed by atoms with van der Waals surface area (Å²) in [5.41, 5.74) is 10.7. The van der Waals surface area contributed by atoms with Crippen LogP contribution in [0.25, 0.3) is 65.7 Å². The van der Waals surface area contributed by atoms with E-state index in [4.69, 9.17) is 0 Å². The zero-order valence-corrected chi connectivity index (χ0v) is 27.0. The molecule has 1 heteroatoms. The van der Waals surface area contributed by atoms with Gasteiger partial charge in [0.1, 0.15) is 0 Å². The van der Waals surface area contributed by atoms with E-state index in [0.29, 0.717) is 0 Å². The van der Waals surface area contributed by atoms with Gasteiger partial charge in [0.2, 0.25) is 0 Å². The van der Waals surface area contributed by atoms with Crippen molar-refractivity contribution in [3.63, 3.8) is 0 Å². The van der Waals surface area contributed by atoms with Crippen LogP contribution in [0.2, 0.25) is 0 Å². The maximum Gasteiger partial charge on any atom is 0.0468 e. The van der Waals surface area contributed by atoms with E-state index in [1.54, 1.807) is 0 Å². The van der Waals surface area contributed by atoms with Crippen molar-refractivity contribution in [1.82, 2.24) is 0 Å². The number of benzene rings is 9. The number of hydrogen-bond acceptors (Lipinski definition) is 1. The van der Waals surface area contributed by atoms with Crippen LogP contribution in [0.1, 0.15) is 0 Å². The highest BCUT2D eigenvalue weighted by Gasteiger charge is 2.15. The van der Waals surface area contributed by atoms with Crippen LogP contribution in [0.4, 0.5) is 17.1 Å². The predicted molar refractivity (Wildman–Crippen MR) is 210 cm³/mol. The normalized spacial score (nSPS) is 11.3. The highest BCUT2D eigenvalue weighted by Crippen LogP contribution is 2.40. The predicted octanol–water partition coefficient (Wildman–Crippen LogP) is 13.6. The van der Waals surface area contributed by atoms with Gasteiger partial charge in [-0.3, -0.25) is 0 Å². The van der Waals surface area contributed by atoms with Gasteiger partial charge in [0.15, 0.2) is 0 Å². The maximum atomic E-state index is 2.37.